The van der Waals surface area contributed by atoms with E-state index in [0.717, 1.165) is 34.1 Å². The molecule has 2 aromatic carbocycles. The molecule has 0 bridgehead atoms. The highest BCUT2D eigenvalue weighted by atomic mass is 16.1. The highest BCUT2D eigenvalue weighted by Gasteiger charge is 2.15. The number of rotatable bonds is 3. The van der Waals surface area contributed by atoms with E-state index in [4.69, 9.17) is 11.5 Å². The lowest BCUT2D eigenvalue weighted by molar-refractivity contribution is 0.100. The second-order valence-electron chi connectivity index (χ2n) is 7.52. The van der Waals surface area contributed by atoms with Gasteiger partial charge in [-0.1, -0.05) is 43.3 Å². The first-order chi connectivity index (χ1) is 15.9. The number of carbonyl (C=O) groups is 1. The van der Waals surface area contributed by atoms with E-state index in [1.165, 1.54) is 4.52 Å². The van der Waals surface area contributed by atoms with Crippen LogP contribution in [0.5, 0.6) is 0 Å². The number of para-hydroxylation sites is 1. The third-order valence-electron chi connectivity index (χ3n) is 5.38. The number of anilines is 1. The standard InChI is InChI=1S/C18H17NO.C7H7N5O/c1-3-15-12-14-9-7-8-13(2)17(14)18(20)19(15)16-10-5-4-6-11-16;8-5-4(6(9)13)7-10-2-1-3-12(7)11-5/h4-12H,3H2,1-2H3;1-3H,(H2,8,11)(H2,9,13). The van der Waals surface area contributed by atoms with E-state index >= 15 is 0 Å². The molecule has 33 heavy (non-hydrogen) atoms. The molecule has 3 aromatic heterocycles. The molecule has 1 amide bonds. The molecule has 4 N–H and O–H groups in total. The molecule has 0 fully saturated rings. The minimum Gasteiger partial charge on any atom is -0.381 e. The Kier molecular flexibility index (Phi) is 5.91. The second-order valence-corrected chi connectivity index (χ2v) is 7.52. The fourth-order valence-corrected chi connectivity index (χ4v) is 3.85. The number of nitrogens with zero attached hydrogens (tertiary/aromatic N) is 4. The van der Waals surface area contributed by atoms with E-state index in [1.807, 2.05) is 60.0 Å². The summed E-state index contributed by atoms with van der Waals surface area (Å²) in [7, 11) is 0. The van der Waals surface area contributed by atoms with Crippen LogP contribution in [-0.4, -0.2) is 25.1 Å². The predicted octanol–water partition coefficient (Wildman–Crippen LogP) is 3.27. The van der Waals surface area contributed by atoms with Gasteiger partial charge in [0.2, 0.25) is 0 Å². The van der Waals surface area contributed by atoms with E-state index in [1.54, 1.807) is 18.5 Å². The van der Waals surface area contributed by atoms with Gasteiger partial charge in [0.05, 0.1) is 5.39 Å². The number of aromatic nitrogens is 4. The number of amides is 1. The summed E-state index contributed by atoms with van der Waals surface area (Å²) in [4.78, 5) is 27.8. The molecule has 0 saturated heterocycles. The zero-order valence-electron chi connectivity index (χ0n) is 18.4. The minimum absolute atomic E-state index is 0.0728. The molecule has 8 nitrogen and oxygen atoms in total. The molecule has 0 spiro atoms. The van der Waals surface area contributed by atoms with Crippen LogP contribution in [0.15, 0.2) is 77.9 Å². The van der Waals surface area contributed by atoms with Crippen molar-refractivity contribution in [3.63, 3.8) is 0 Å². The van der Waals surface area contributed by atoms with E-state index in [9.17, 15) is 9.59 Å². The average Bonchev–Trinajstić information content (AvgIpc) is 3.15. The Morgan fingerprint density at radius 3 is 2.52 bits per heavy atom. The fourth-order valence-electron chi connectivity index (χ4n) is 3.85. The smallest absolute Gasteiger partial charge is 0.263 e. The molecule has 166 valence electrons. The molecule has 0 radical (unpaired) electrons. The van der Waals surface area contributed by atoms with Gasteiger partial charge >= 0.3 is 0 Å². The van der Waals surface area contributed by atoms with E-state index in [-0.39, 0.29) is 16.9 Å². The maximum Gasteiger partial charge on any atom is 0.263 e. The Morgan fingerprint density at radius 2 is 1.82 bits per heavy atom. The van der Waals surface area contributed by atoms with Gasteiger partial charge in [-0.25, -0.2) is 9.50 Å². The Labute approximate surface area is 190 Å². The summed E-state index contributed by atoms with van der Waals surface area (Å²) in [6, 6.07) is 19.7. The lowest BCUT2D eigenvalue weighted by Crippen LogP contribution is -2.22. The maximum atomic E-state index is 12.9. The zero-order valence-corrected chi connectivity index (χ0v) is 18.4. The molecular weight excluding hydrogens is 416 g/mol. The van der Waals surface area contributed by atoms with Gasteiger partial charge in [0.25, 0.3) is 11.5 Å². The van der Waals surface area contributed by atoms with Crippen LogP contribution in [0.2, 0.25) is 0 Å². The van der Waals surface area contributed by atoms with Crippen LogP contribution < -0.4 is 17.0 Å². The molecule has 0 aliphatic heterocycles. The van der Waals surface area contributed by atoms with Gasteiger partial charge in [0.1, 0.15) is 5.56 Å². The molecule has 0 aliphatic rings. The van der Waals surface area contributed by atoms with Gasteiger partial charge in [-0.05, 0) is 48.6 Å². The molecule has 0 atom stereocenters. The van der Waals surface area contributed by atoms with Gasteiger partial charge < -0.3 is 11.5 Å². The number of aryl methyl sites for hydroxylation is 2. The van der Waals surface area contributed by atoms with Crippen LogP contribution in [0.1, 0.15) is 28.5 Å². The first-order valence-electron chi connectivity index (χ1n) is 10.5. The van der Waals surface area contributed by atoms with Crippen LogP contribution >= 0.6 is 0 Å². The third-order valence-corrected chi connectivity index (χ3v) is 5.38. The highest BCUT2D eigenvalue weighted by Crippen LogP contribution is 2.19. The first-order valence-corrected chi connectivity index (χ1v) is 10.5. The van der Waals surface area contributed by atoms with E-state index in [0.29, 0.717) is 5.65 Å². The summed E-state index contributed by atoms with van der Waals surface area (Å²) in [5.74, 6) is -0.516. The van der Waals surface area contributed by atoms with Gasteiger partial charge in [0, 0.05) is 23.8 Å². The van der Waals surface area contributed by atoms with Crippen molar-refractivity contribution >= 4 is 28.1 Å². The van der Waals surface area contributed by atoms with Crippen molar-refractivity contribution in [1.29, 1.82) is 0 Å². The number of nitrogen functional groups attached to an aromatic ring is 1. The summed E-state index contributed by atoms with van der Waals surface area (Å²) in [6.45, 7) is 4.07. The number of primary amides is 1. The van der Waals surface area contributed by atoms with Crippen molar-refractivity contribution in [3.8, 4) is 5.69 Å². The summed E-state index contributed by atoms with van der Waals surface area (Å²) >= 11 is 0. The summed E-state index contributed by atoms with van der Waals surface area (Å²) in [5, 5.41) is 5.71. The SMILES string of the molecule is CCc1cc2cccc(C)c2c(=O)n1-c1ccccc1.NC(=O)c1c(N)nn2cccnc12. The first kappa shape index (κ1) is 21.8. The number of hydrogen-bond donors (Lipinski definition) is 2. The van der Waals surface area contributed by atoms with Gasteiger partial charge in [0.15, 0.2) is 11.5 Å². The number of pyridine rings is 1. The predicted molar refractivity (Wildman–Crippen MR) is 130 cm³/mol. The molecule has 0 unspecified atom stereocenters. The van der Waals surface area contributed by atoms with Crippen LogP contribution in [0.3, 0.4) is 0 Å². The molecule has 0 aliphatic carbocycles. The molecule has 5 rings (SSSR count). The zero-order chi connectivity index (χ0) is 23.5. The molecule has 0 saturated carbocycles. The van der Waals surface area contributed by atoms with E-state index in [2.05, 4.69) is 23.1 Å². The summed E-state index contributed by atoms with van der Waals surface area (Å²) in [6.07, 6.45) is 4.02. The summed E-state index contributed by atoms with van der Waals surface area (Å²) in [5.41, 5.74) is 14.2. The Bertz CT molecular complexity index is 1520. The quantitative estimate of drug-likeness (QED) is 0.446. The van der Waals surface area contributed by atoms with Crippen LogP contribution in [-0.2, 0) is 6.42 Å². The number of carbonyl (C=O) groups excluding carboxylic acids is 1. The van der Waals surface area contributed by atoms with Crippen molar-refractivity contribution in [2.75, 3.05) is 5.73 Å². The minimum atomic E-state index is -0.619. The van der Waals surface area contributed by atoms with Crippen molar-refractivity contribution in [1.82, 2.24) is 19.2 Å². The molecule has 5 aromatic rings. The fraction of sp³-hybridized carbons (Fsp3) is 0.120. The van der Waals surface area contributed by atoms with E-state index < -0.39 is 5.91 Å². The van der Waals surface area contributed by atoms with Crippen molar-refractivity contribution in [3.05, 3.63) is 100 Å². The Balaban J connectivity index is 0.000000172. The monoisotopic (exact) mass is 440 g/mol. The average molecular weight is 441 g/mol. The van der Waals surface area contributed by atoms with Crippen LogP contribution in [0.25, 0.3) is 22.1 Å². The van der Waals surface area contributed by atoms with Crippen molar-refractivity contribution in [2.45, 2.75) is 20.3 Å². The van der Waals surface area contributed by atoms with Crippen LogP contribution in [0, 0.1) is 6.92 Å². The van der Waals surface area contributed by atoms with Gasteiger partial charge in [-0.2, -0.15) is 0 Å². The number of nitrogens with two attached hydrogens (primary N) is 2. The second kappa shape index (κ2) is 8.96. The van der Waals surface area contributed by atoms with Crippen molar-refractivity contribution in [2.24, 2.45) is 5.73 Å². The van der Waals surface area contributed by atoms with Gasteiger partial charge in [-0.15, -0.1) is 5.10 Å². The third kappa shape index (κ3) is 4.06. The maximum absolute atomic E-state index is 12.9. The van der Waals surface area contributed by atoms with Crippen LogP contribution in [0.4, 0.5) is 5.82 Å². The topological polar surface area (TPSA) is 121 Å². The normalized spacial score (nSPS) is 10.7. The number of benzene rings is 2. The highest BCUT2D eigenvalue weighted by molar-refractivity contribution is 6.03. The van der Waals surface area contributed by atoms with Gasteiger partial charge in [-0.3, -0.25) is 14.2 Å². The molecule has 8 heteroatoms. The largest absolute Gasteiger partial charge is 0.381 e. The number of hydrogen-bond acceptors (Lipinski definition) is 5. The molecular formula is C25H24N6O2. The number of fused-ring (bicyclic) bond motifs is 2. The Hall–Kier alpha value is -4.46. The summed E-state index contributed by atoms with van der Waals surface area (Å²) < 4.78 is 3.24. The van der Waals surface area contributed by atoms with Crippen molar-refractivity contribution < 1.29 is 4.79 Å². The Morgan fingerprint density at radius 1 is 1.06 bits per heavy atom. The lowest BCUT2D eigenvalue weighted by Gasteiger charge is -2.14. The molecule has 3 heterocycles. The lowest BCUT2D eigenvalue weighted by atomic mass is 10.1.